The lowest BCUT2D eigenvalue weighted by Crippen LogP contribution is -2.38. The maximum atomic E-state index is 8.80. The molecule has 2 rings (SSSR count). The zero-order valence-corrected chi connectivity index (χ0v) is 11.4. The molecule has 1 aliphatic heterocycles. The van der Waals surface area contributed by atoms with E-state index in [1.165, 1.54) is 0 Å². The summed E-state index contributed by atoms with van der Waals surface area (Å²) in [6, 6.07) is 7.99. The molecule has 0 saturated carbocycles. The number of nitriles is 1. The summed E-state index contributed by atoms with van der Waals surface area (Å²) in [5.41, 5.74) is 1.54. The first-order chi connectivity index (χ1) is 8.72. The quantitative estimate of drug-likeness (QED) is 0.911. The number of hydrogen-bond acceptors (Lipinski definition) is 3. The van der Waals surface area contributed by atoms with Crippen LogP contribution in [0, 0.1) is 11.3 Å². The molecule has 1 saturated heterocycles. The van der Waals surface area contributed by atoms with Crippen LogP contribution in [0.5, 0.6) is 0 Å². The number of nitrogens with zero attached hydrogens (tertiary/aromatic N) is 2. The topological polar surface area (TPSA) is 39.1 Å². The zero-order valence-electron chi connectivity index (χ0n) is 10.6. The van der Waals surface area contributed by atoms with E-state index < -0.39 is 0 Å². The number of piperidine rings is 1. The van der Waals surface area contributed by atoms with Gasteiger partial charge in [0.05, 0.1) is 22.3 Å². The van der Waals surface area contributed by atoms with Gasteiger partial charge in [0, 0.05) is 19.1 Å². The van der Waals surface area contributed by atoms with E-state index in [4.69, 9.17) is 16.9 Å². The van der Waals surface area contributed by atoms with Gasteiger partial charge in [-0.15, -0.1) is 0 Å². The largest absolute Gasteiger partial charge is 0.381 e. The van der Waals surface area contributed by atoms with Gasteiger partial charge in [0.2, 0.25) is 0 Å². The van der Waals surface area contributed by atoms with Gasteiger partial charge >= 0.3 is 0 Å². The monoisotopic (exact) mass is 263 g/mol. The third-order valence-electron chi connectivity index (χ3n) is 3.49. The molecule has 0 atom stereocenters. The minimum absolute atomic E-state index is 0.484. The summed E-state index contributed by atoms with van der Waals surface area (Å²) < 4.78 is 0. The minimum Gasteiger partial charge on any atom is -0.381 e. The normalized spacial score (nSPS) is 17.4. The molecule has 4 heteroatoms. The summed E-state index contributed by atoms with van der Waals surface area (Å²) in [6.45, 7) is 5.61. The Bertz CT molecular complexity index is 445. The minimum atomic E-state index is 0.484. The van der Waals surface area contributed by atoms with E-state index in [2.05, 4.69) is 23.2 Å². The number of anilines is 1. The maximum absolute atomic E-state index is 8.80. The van der Waals surface area contributed by atoms with E-state index >= 15 is 0 Å². The molecule has 1 aromatic rings. The van der Waals surface area contributed by atoms with E-state index in [0.717, 1.165) is 38.2 Å². The number of likely N-dealkylation sites (tertiary alicyclic amines) is 1. The molecule has 1 N–H and O–H groups in total. The summed E-state index contributed by atoms with van der Waals surface area (Å²) >= 11 is 6.16. The highest BCUT2D eigenvalue weighted by molar-refractivity contribution is 6.33. The molecule has 0 radical (unpaired) electrons. The summed E-state index contributed by atoms with van der Waals surface area (Å²) in [6.07, 6.45) is 2.29. The summed E-state index contributed by atoms with van der Waals surface area (Å²) in [4.78, 5) is 2.46. The van der Waals surface area contributed by atoms with Crippen LogP contribution in [0.25, 0.3) is 0 Å². The van der Waals surface area contributed by atoms with Crippen LogP contribution in [0.1, 0.15) is 25.3 Å². The van der Waals surface area contributed by atoms with E-state index in [1.807, 2.05) is 6.07 Å². The van der Waals surface area contributed by atoms with Crippen LogP contribution in [0.15, 0.2) is 18.2 Å². The van der Waals surface area contributed by atoms with E-state index in [1.54, 1.807) is 12.1 Å². The van der Waals surface area contributed by atoms with Gasteiger partial charge in [-0.05, 0) is 37.6 Å². The van der Waals surface area contributed by atoms with Crippen molar-refractivity contribution in [2.75, 3.05) is 25.0 Å². The Morgan fingerprint density at radius 3 is 2.72 bits per heavy atom. The van der Waals surface area contributed by atoms with Gasteiger partial charge in [0.1, 0.15) is 0 Å². The van der Waals surface area contributed by atoms with Crippen molar-refractivity contribution in [3.05, 3.63) is 28.8 Å². The Hall–Kier alpha value is -1.24. The van der Waals surface area contributed by atoms with Crippen LogP contribution in [0.4, 0.5) is 5.69 Å². The van der Waals surface area contributed by atoms with Crippen LogP contribution in [-0.2, 0) is 0 Å². The summed E-state index contributed by atoms with van der Waals surface area (Å²) in [7, 11) is 0. The number of benzene rings is 1. The molecule has 1 aliphatic rings. The predicted molar refractivity (Wildman–Crippen MR) is 74.9 cm³/mol. The fraction of sp³-hybridized carbons (Fsp3) is 0.500. The summed E-state index contributed by atoms with van der Waals surface area (Å²) in [5.74, 6) is 0. The molecule has 18 heavy (non-hydrogen) atoms. The van der Waals surface area contributed by atoms with E-state index in [9.17, 15) is 0 Å². The standard InChI is InChI=1S/C14H18ClN3/c1-2-18-7-5-12(6-8-18)17-14-4-3-11(10-16)9-13(14)15/h3-4,9,12,17H,2,5-8H2,1H3. The Morgan fingerprint density at radius 2 is 2.17 bits per heavy atom. The second-order valence-corrected chi connectivity index (χ2v) is 5.07. The van der Waals surface area contributed by atoms with Crippen molar-refractivity contribution in [2.45, 2.75) is 25.8 Å². The third-order valence-corrected chi connectivity index (χ3v) is 3.81. The molecule has 1 heterocycles. The van der Waals surface area contributed by atoms with Crippen molar-refractivity contribution < 1.29 is 0 Å². The Balaban J connectivity index is 1.96. The molecule has 1 aromatic carbocycles. The molecule has 0 aromatic heterocycles. The number of rotatable bonds is 3. The maximum Gasteiger partial charge on any atom is 0.0992 e. The first-order valence-corrected chi connectivity index (χ1v) is 6.79. The molecular weight excluding hydrogens is 246 g/mol. The lowest BCUT2D eigenvalue weighted by molar-refractivity contribution is 0.229. The highest BCUT2D eigenvalue weighted by Gasteiger charge is 2.18. The zero-order chi connectivity index (χ0) is 13.0. The molecule has 1 fully saturated rings. The van der Waals surface area contributed by atoms with E-state index in [0.29, 0.717) is 16.6 Å². The van der Waals surface area contributed by atoms with Crippen molar-refractivity contribution in [1.29, 1.82) is 5.26 Å². The summed E-state index contributed by atoms with van der Waals surface area (Å²) in [5, 5.41) is 12.9. The number of halogens is 1. The van der Waals surface area contributed by atoms with Gasteiger partial charge in [-0.3, -0.25) is 0 Å². The van der Waals surface area contributed by atoms with Crippen LogP contribution < -0.4 is 5.32 Å². The van der Waals surface area contributed by atoms with E-state index in [-0.39, 0.29) is 0 Å². The predicted octanol–water partition coefficient (Wildman–Crippen LogP) is 3.11. The molecule has 0 aliphatic carbocycles. The molecule has 0 amide bonds. The number of hydrogen-bond donors (Lipinski definition) is 1. The Morgan fingerprint density at radius 1 is 1.44 bits per heavy atom. The highest BCUT2D eigenvalue weighted by Crippen LogP contribution is 2.25. The van der Waals surface area contributed by atoms with Crippen LogP contribution in [-0.4, -0.2) is 30.6 Å². The third kappa shape index (κ3) is 3.16. The lowest BCUT2D eigenvalue weighted by atomic mass is 10.0. The second kappa shape index (κ2) is 6.08. The van der Waals surface area contributed by atoms with Crippen LogP contribution in [0.2, 0.25) is 5.02 Å². The lowest BCUT2D eigenvalue weighted by Gasteiger charge is -2.32. The molecule has 0 unspecified atom stereocenters. The van der Waals surface area contributed by atoms with Crippen molar-refractivity contribution in [3.63, 3.8) is 0 Å². The smallest absolute Gasteiger partial charge is 0.0992 e. The SMILES string of the molecule is CCN1CCC(Nc2ccc(C#N)cc2Cl)CC1. The Kier molecular flexibility index (Phi) is 4.46. The fourth-order valence-corrected chi connectivity index (χ4v) is 2.55. The number of nitrogens with one attached hydrogen (secondary N) is 1. The van der Waals surface area contributed by atoms with Gasteiger partial charge in [-0.2, -0.15) is 5.26 Å². The van der Waals surface area contributed by atoms with Crippen molar-refractivity contribution >= 4 is 17.3 Å². The van der Waals surface area contributed by atoms with Gasteiger partial charge in [0.15, 0.2) is 0 Å². The average Bonchev–Trinajstić information content (AvgIpc) is 2.42. The molecule has 3 nitrogen and oxygen atoms in total. The van der Waals surface area contributed by atoms with Crippen molar-refractivity contribution in [2.24, 2.45) is 0 Å². The highest BCUT2D eigenvalue weighted by atomic mass is 35.5. The van der Waals surface area contributed by atoms with Gasteiger partial charge in [-0.25, -0.2) is 0 Å². The van der Waals surface area contributed by atoms with Crippen LogP contribution >= 0.6 is 11.6 Å². The van der Waals surface area contributed by atoms with Crippen molar-refractivity contribution in [1.82, 2.24) is 4.90 Å². The molecule has 0 bridgehead atoms. The first kappa shape index (κ1) is 13.2. The van der Waals surface area contributed by atoms with Gasteiger partial charge in [0.25, 0.3) is 0 Å². The van der Waals surface area contributed by atoms with Gasteiger partial charge < -0.3 is 10.2 Å². The fourth-order valence-electron chi connectivity index (χ4n) is 2.32. The van der Waals surface area contributed by atoms with Crippen LogP contribution in [0.3, 0.4) is 0 Å². The molecule has 96 valence electrons. The van der Waals surface area contributed by atoms with Gasteiger partial charge in [-0.1, -0.05) is 18.5 Å². The molecule has 0 spiro atoms. The van der Waals surface area contributed by atoms with Crippen molar-refractivity contribution in [3.8, 4) is 6.07 Å². The average molecular weight is 264 g/mol. The molecular formula is C14H18ClN3. The second-order valence-electron chi connectivity index (χ2n) is 4.66. The Labute approximate surface area is 113 Å². The first-order valence-electron chi connectivity index (χ1n) is 6.41.